The molecule has 0 aromatic heterocycles. The fourth-order valence-corrected chi connectivity index (χ4v) is 3.05. The second kappa shape index (κ2) is 6.86. The van der Waals surface area contributed by atoms with E-state index in [4.69, 9.17) is 4.74 Å². The Kier molecular flexibility index (Phi) is 5.20. The summed E-state index contributed by atoms with van der Waals surface area (Å²) in [6.45, 7) is 7.14. The number of ether oxygens (including phenoxy) is 1. The molecule has 6 heteroatoms. The number of carboxylic acid groups (broad SMARTS) is 1. The molecule has 0 atom stereocenters. The van der Waals surface area contributed by atoms with Gasteiger partial charge in [-0.2, -0.15) is 0 Å². The van der Waals surface area contributed by atoms with Gasteiger partial charge >= 0.3 is 12.1 Å². The van der Waals surface area contributed by atoms with Crippen molar-refractivity contribution in [3.8, 4) is 0 Å². The van der Waals surface area contributed by atoms with Crippen molar-refractivity contribution in [2.24, 2.45) is 0 Å². The van der Waals surface area contributed by atoms with Gasteiger partial charge in [0.1, 0.15) is 11.4 Å². The maximum absolute atomic E-state index is 12.0. The number of hydrogen-bond acceptors (Lipinski definition) is 4. The van der Waals surface area contributed by atoms with E-state index in [-0.39, 0.29) is 31.5 Å². The normalized spacial score (nSPS) is 17.0. The van der Waals surface area contributed by atoms with Crippen LogP contribution in [0.2, 0.25) is 0 Å². The summed E-state index contributed by atoms with van der Waals surface area (Å²) in [6.07, 6.45) is 0.479. The van der Waals surface area contributed by atoms with E-state index in [1.54, 1.807) is 39.0 Å². The highest BCUT2D eigenvalue weighted by atomic mass is 16.6. The lowest BCUT2D eigenvalue weighted by Crippen LogP contribution is -2.40. The molecule has 1 saturated carbocycles. The van der Waals surface area contributed by atoms with Crippen LogP contribution in [0, 0.1) is 6.92 Å². The molecule has 2 N–H and O–H groups in total. The van der Waals surface area contributed by atoms with Crippen molar-refractivity contribution in [1.82, 2.24) is 0 Å². The average molecular weight is 347 g/mol. The number of aliphatic carboxylic acids is 1. The predicted molar refractivity (Wildman–Crippen MR) is 93.8 cm³/mol. The number of rotatable bonds is 3. The number of ketones is 1. The van der Waals surface area contributed by atoms with E-state index < -0.39 is 23.1 Å². The summed E-state index contributed by atoms with van der Waals surface area (Å²) in [4.78, 5) is 35.5. The van der Waals surface area contributed by atoms with E-state index in [1.165, 1.54) is 0 Å². The molecule has 0 heterocycles. The summed E-state index contributed by atoms with van der Waals surface area (Å²) in [5.41, 5.74) is 0.212. The summed E-state index contributed by atoms with van der Waals surface area (Å²) in [7, 11) is 0. The molecule has 6 nitrogen and oxygen atoms in total. The molecule has 0 bridgehead atoms. The van der Waals surface area contributed by atoms with Crippen molar-refractivity contribution in [2.75, 3.05) is 5.32 Å². The topological polar surface area (TPSA) is 92.7 Å². The third-order valence-electron chi connectivity index (χ3n) is 4.50. The van der Waals surface area contributed by atoms with Gasteiger partial charge in [-0.05, 0) is 57.7 Å². The van der Waals surface area contributed by atoms with Gasteiger partial charge in [0.2, 0.25) is 0 Å². The number of Topliss-reactive ketones (excluding diaryl/α,β-unsaturated/α-hetero) is 1. The van der Waals surface area contributed by atoms with Crippen LogP contribution in [0.3, 0.4) is 0 Å². The third kappa shape index (κ3) is 4.38. The Bertz CT molecular complexity index is 692. The molecule has 1 fully saturated rings. The minimum absolute atomic E-state index is 0.0936. The molecule has 0 unspecified atom stereocenters. The highest BCUT2D eigenvalue weighted by molar-refractivity contribution is 5.89. The quantitative estimate of drug-likeness (QED) is 0.867. The minimum Gasteiger partial charge on any atom is -0.481 e. The van der Waals surface area contributed by atoms with Crippen LogP contribution in [-0.4, -0.2) is 28.6 Å². The number of aryl methyl sites for hydroxylation is 1. The SMILES string of the molecule is Cc1ccc(C2(C(=O)O)CCC(=O)CC2)cc1NC(=O)OC(C)(C)C. The van der Waals surface area contributed by atoms with Gasteiger partial charge in [0.25, 0.3) is 0 Å². The van der Waals surface area contributed by atoms with Gasteiger partial charge in [-0.15, -0.1) is 0 Å². The first kappa shape index (κ1) is 19.0. The van der Waals surface area contributed by atoms with Crippen LogP contribution < -0.4 is 5.32 Å². The minimum atomic E-state index is -1.09. The highest BCUT2D eigenvalue weighted by Crippen LogP contribution is 2.40. The number of carboxylic acids is 1. The summed E-state index contributed by atoms with van der Waals surface area (Å²) in [5, 5.41) is 12.5. The number of benzene rings is 1. The molecule has 1 aromatic rings. The third-order valence-corrected chi connectivity index (χ3v) is 4.50. The molecule has 0 saturated heterocycles. The van der Waals surface area contributed by atoms with Crippen molar-refractivity contribution in [1.29, 1.82) is 0 Å². The number of anilines is 1. The van der Waals surface area contributed by atoms with E-state index in [2.05, 4.69) is 5.32 Å². The first-order valence-corrected chi connectivity index (χ1v) is 8.40. The molecule has 2 rings (SSSR count). The van der Waals surface area contributed by atoms with E-state index >= 15 is 0 Å². The molecule has 1 amide bonds. The summed E-state index contributed by atoms with van der Waals surface area (Å²) >= 11 is 0. The fourth-order valence-electron chi connectivity index (χ4n) is 3.05. The zero-order valence-corrected chi connectivity index (χ0v) is 15.1. The Hall–Kier alpha value is -2.37. The molecular weight excluding hydrogens is 322 g/mol. The summed E-state index contributed by atoms with van der Waals surface area (Å²) in [6, 6.07) is 5.23. The molecule has 0 spiro atoms. The van der Waals surface area contributed by atoms with E-state index in [0.717, 1.165) is 5.56 Å². The van der Waals surface area contributed by atoms with Gasteiger partial charge in [0.15, 0.2) is 0 Å². The first-order valence-electron chi connectivity index (χ1n) is 8.40. The standard InChI is InChI=1S/C19H25NO5/c1-12-5-6-13(11-15(12)20-17(24)25-18(2,3)4)19(16(22)23)9-7-14(21)8-10-19/h5-6,11H,7-10H2,1-4H3,(H,20,24)(H,22,23). The van der Waals surface area contributed by atoms with Crippen LogP contribution >= 0.6 is 0 Å². The van der Waals surface area contributed by atoms with Crippen molar-refractivity contribution in [3.05, 3.63) is 29.3 Å². The van der Waals surface area contributed by atoms with E-state index in [1.807, 2.05) is 6.92 Å². The van der Waals surface area contributed by atoms with Crippen LogP contribution in [0.25, 0.3) is 0 Å². The zero-order valence-electron chi connectivity index (χ0n) is 15.1. The zero-order chi connectivity index (χ0) is 18.8. The monoisotopic (exact) mass is 347 g/mol. The molecule has 1 aliphatic rings. The Morgan fingerprint density at radius 1 is 1.20 bits per heavy atom. The first-order chi connectivity index (χ1) is 11.5. The molecule has 25 heavy (non-hydrogen) atoms. The van der Waals surface area contributed by atoms with Crippen molar-refractivity contribution >= 4 is 23.5 Å². The number of amides is 1. The predicted octanol–water partition coefficient (Wildman–Crippen LogP) is 3.81. The molecule has 0 aliphatic heterocycles. The molecule has 136 valence electrons. The Morgan fingerprint density at radius 2 is 1.80 bits per heavy atom. The molecule has 1 aliphatic carbocycles. The second-order valence-electron chi connectivity index (χ2n) is 7.58. The summed E-state index contributed by atoms with van der Waals surface area (Å²) in [5.74, 6) is -0.844. The Labute approximate surface area is 147 Å². The average Bonchev–Trinajstić information content (AvgIpc) is 2.48. The largest absolute Gasteiger partial charge is 0.481 e. The van der Waals surface area contributed by atoms with Gasteiger partial charge in [0.05, 0.1) is 5.41 Å². The van der Waals surface area contributed by atoms with Gasteiger partial charge in [-0.3, -0.25) is 14.9 Å². The highest BCUT2D eigenvalue weighted by Gasteiger charge is 2.43. The Morgan fingerprint density at radius 3 is 2.32 bits per heavy atom. The number of carbonyl (C=O) groups excluding carboxylic acids is 2. The van der Waals surface area contributed by atoms with Gasteiger partial charge in [-0.1, -0.05) is 12.1 Å². The lowest BCUT2D eigenvalue weighted by Gasteiger charge is -2.33. The van der Waals surface area contributed by atoms with Crippen molar-refractivity contribution in [2.45, 2.75) is 64.4 Å². The van der Waals surface area contributed by atoms with E-state index in [0.29, 0.717) is 11.3 Å². The van der Waals surface area contributed by atoms with Gasteiger partial charge in [0, 0.05) is 18.5 Å². The lowest BCUT2D eigenvalue weighted by molar-refractivity contribution is -0.146. The molecule has 1 aromatic carbocycles. The van der Waals surface area contributed by atoms with Crippen LogP contribution in [0.15, 0.2) is 18.2 Å². The van der Waals surface area contributed by atoms with Crippen LogP contribution in [-0.2, 0) is 19.7 Å². The molecule has 0 radical (unpaired) electrons. The van der Waals surface area contributed by atoms with Crippen LogP contribution in [0.4, 0.5) is 10.5 Å². The fraction of sp³-hybridized carbons (Fsp3) is 0.526. The van der Waals surface area contributed by atoms with Crippen LogP contribution in [0.1, 0.15) is 57.6 Å². The maximum atomic E-state index is 12.0. The smallest absolute Gasteiger partial charge is 0.412 e. The van der Waals surface area contributed by atoms with Crippen molar-refractivity contribution in [3.63, 3.8) is 0 Å². The Balaban J connectivity index is 2.32. The van der Waals surface area contributed by atoms with Gasteiger partial charge in [-0.25, -0.2) is 4.79 Å². The van der Waals surface area contributed by atoms with Crippen molar-refractivity contribution < 1.29 is 24.2 Å². The second-order valence-corrected chi connectivity index (χ2v) is 7.58. The summed E-state index contributed by atoms with van der Waals surface area (Å²) < 4.78 is 5.26. The maximum Gasteiger partial charge on any atom is 0.412 e. The lowest BCUT2D eigenvalue weighted by atomic mass is 9.69. The van der Waals surface area contributed by atoms with E-state index in [9.17, 15) is 19.5 Å². The number of nitrogens with one attached hydrogen (secondary N) is 1. The molecular formula is C19H25NO5. The van der Waals surface area contributed by atoms with Gasteiger partial charge < -0.3 is 9.84 Å². The number of hydrogen-bond donors (Lipinski definition) is 2. The van der Waals surface area contributed by atoms with Crippen LogP contribution in [0.5, 0.6) is 0 Å². The number of carbonyl (C=O) groups is 3.